The van der Waals surface area contributed by atoms with Crippen LogP contribution in [0.25, 0.3) is 0 Å². The fourth-order valence-electron chi connectivity index (χ4n) is 3.72. The van der Waals surface area contributed by atoms with Crippen molar-refractivity contribution in [3.8, 4) is 0 Å². The number of methoxy groups -OCH3 is 1. The molecule has 0 atom stereocenters. The highest BCUT2D eigenvalue weighted by atomic mass is 127. The first-order chi connectivity index (χ1) is 11.8. The number of ether oxygens (including phenoxy) is 1. The third-order valence-corrected chi connectivity index (χ3v) is 5.22. The molecule has 1 saturated heterocycles. The Bertz CT molecular complexity index is 558. The number of hydrogen-bond donors (Lipinski definition) is 1. The molecule has 0 aromatic heterocycles. The number of halogens is 1. The van der Waals surface area contributed by atoms with Crippen LogP contribution < -0.4 is 10.2 Å². The lowest BCUT2D eigenvalue weighted by atomic mass is 9.97. The lowest BCUT2D eigenvalue weighted by molar-refractivity contribution is 0.121. The van der Waals surface area contributed by atoms with E-state index in [9.17, 15) is 0 Å². The Hall–Kier alpha value is -0.860. The lowest BCUT2D eigenvalue weighted by Gasteiger charge is -2.32. The van der Waals surface area contributed by atoms with E-state index in [0.29, 0.717) is 0 Å². The first-order valence-corrected chi connectivity index (χ1v) is 9.09. The van der Waals surface area contributed by atoms with Crippen LogP contribution in [0.15, 0.2) is 29.3 Å². The Morgan fingerprint density at radius 1 is 1.24 bits per heavy atom. The minimum absolute atomic E-state index is 0. The summed E-state index contributed by atoms with van der Waals surface area (Å²) in [6, 6.07) is 8.65. The molecule has 1 fully saturated rings. The van der Waals surface area contributed by atoms with Crippen LogP contribution in [0, 0.1) is 5.92 Å². The quantitative estimate of drug-likeness (QED) is 0.419. The maximum absolute atomic E-state index is 5.18. The molecule has 2 heterocycles. The molecule has 25 heavy (non-hydrogen) atoms. The summed E-state index contributed by atoms with van der Waals surface area (Å²) < 4.78 is 5.18. The van der Waals surface area contributed by atoms with Gasteiger partial charge in [0.1, 0.15) is 0 Å². The van der Waals surface area contributed by atoms with E-state index in [2.05, 4.69) is 44.4 Å². The molecule has 1 aromatic carbocycles. The van der Waals surface area contributed by atoms with Crippen molar-refractivity contribution in [2.45, 2.75) is 19.3 Å². The Labute approximate surface area is 168 Å². The second-order valence-electron chi connectivity index (χ2n) is 6.74. The minimum Gasteiger partial charge on any atom is -0.383 e. The summed E-state index contributed by atoms with van der Waals surface area (Å²) in [5.41, 5.74) is 2.73. The molecule has 2 aliphatic rings. The summed E-state index contributed by atoms with van der Waals surface area (Å²) in [6.45, 7) is 6.30. The average Bonchev–Trinajstić information content (AvgIpc) is 3.06. The van der Waals surface area contributed by atoms with E-state index >= 15 is 0 Å². The highest BCUT2D eigenvalue weighted by molar-refractivity contribution is 14.0. The van der Waals surface area contributed by atoms with Gasteiger partial charge in [-0.05, 0) is 49.9 Å². The number of likely N-dealkylation sites (tertiary alicyclic amines) is 1. The molecule has 140 valence electrons. The van der Waals surface area contributed by atoms with Gasteiger partial charge in [0.05, 0.1) is 6.61 Å². The monoisotopic (exact) mass is 458 g/mol. The Morgan fingerprint density at radius 3 is 2.72 bits per heavy atom. The SMILES string of the molecule is CN=C(NCC1CCN(CCOC)CC1)N1CCc2ccccc21.I. The number of nitrogens with one attached hydrogen (secondary N) is 1. The highest BCUT2D eigenvalue weighted by Gasteiger charge is 2.24. The van der Waals surface area contributed by atoms with Crippen molar-refractivity contribution >= 4 is 35.6 Å². The van der Waals surface area contributed by atoms with Gasteiger partial charge in [0.2, 0.25) is 0 Å². The maximum atomic E-state index is 5.18. The van der Waals surface area contributed by atoms with Gasteiger partial charge in [-0.15, -0.1) is 24.0 Å². The molecule has 0 amide bonds. The van der Waals surface area contributed by atoms with Crippen LogP contribution in [0.3, 0.4) is 0 Å². The van der Waals surface area contributed by atoms with Gasteiger partial charge >= 0.3 is 0 Å². The molecule has 0 unspecified atom stereocenters. The van der Waals surface area contributed by atoms with Crippen molar-refractivity contribution in [2.75, 3.05) is 58.4 Å². The Morgan fingerprint density at radius 2 is 2.00 bits per heavy atom. The zero-order valence-corrected chi connectivity index (χ0v) is 17.7. The van der Waals surface area contributed by atoms with E-state index < -0.39 is 0 Å². The zero-order chi connectivity index (χ0) is 16.8. The first-order valence-electron chi connectivity index (χ1n) is 9.09. The van der Waals surface area contributed by atoms with Crippen molar-refractivity contribution in [1.29, 1.82) is 0 Å². The normalized spacial score (nSPS) is 18.8. The van der Waals surface area contributed by atoms with Crippen LogP contribution in [-0.2, 0) is 11.2 Å². The van der Waals surface area contributed by atoms with E-state index in [4.69, 9.17) is 4.74 Å². The number of nitrogens with zero attached hydrogens (tertiary/aromatic N) is 3. The first kappa shape index (κ1) is 20.5. The fourth-order valence-corrected chi connectivity index (χ4v) is 3.72. The summed E-state index contributed by atoms with van der Waals surface area (Å²) in [5.74, 6) is 1.75. The molecule has 3 rings (SSSR count). The molecular weight excluding hydrogens is 427 g/mol. The van der Waals surface area contributed by atoms with E-state index in [0.717, 1.165) is 44.5 Å². The van der Waals surface area contributed by atoms with Crippen LogP contribution in [0.4, 0.5) is 5.69 Å². The molecule has 6 heteroatoms. The van der Waals surface area contributed by atoms with Gasteiger partial charge in [0.15, 0.2) is 5.96 Å². The molecular formula is C19H31IN4O. The van der Waals surface area contributed by atoms with E-state index in [-0.39, 0.29) is 24.0 Å². The third kappa shape index (κ3) is 5.31. The Balaban J connectivity index is 0.00000225. The van der Waals surface area contributed by atoms with Crippen molar-refractivity contribution in [1.82, 2.24) is 10.2 Å². The smallest absolute Gasteiger partial charge is 0.198 e. The number of rotatable bonds is 5. The molecule has 0 bridgehead atoms. The molecule has 2 aliphatic heterocycles. The van der Waals surface area contributed by atoms with E-state index in [1.54, 1.807) is 7.11 Å². The molecule has 1 aromatic rings. The van der Waals surface area contributed by atoms with Gasteiger partial charge in [-0.1, -0.05) is 18.2 Å². The molecule has 1 N–H and O–H groups in total. The summed E-state index contributed by atoms with van der Waals surface area (Å²) in [4.78, 5) is 9.34. The lowest BCUT2D eigenvalue weighted by Crippen LogP contribution is -2.44. The van der Waals surface area contributed by atoms with Gasteiger partial charge in [-0.25, -0.2) is 0 Å². The largest absolute Gasteiger partial charge is 0.383 e. The minimum atomic E-state index is 0. The molecule has 5 nitrogen and oxygen atoms in total. The predicted molar refractivity (Wildman–Crippen MR) is 115 cm³/mol. The average molecular weight is 458 g/mol. The summed E-state index contributed by atoms with van der Waals surface area (Å²) in [5, 5.41) is 3.61. The second kappa shape index (κ2) is 10.3. The van der Waals surface area contributed by atoms with Gasteiger partial charge in [0, 0.05) is 39.5 Å². The number of fused-ring (bicyclic) bond motifs is 1. The predicted octanol–water partition coefficient (Wildman–Crippen LogP) is 2.60. The maximum Gasteiger partial charge on any atom is 0.198 e. The van der Waals surface area contributed by atoms with Crippen molar-refractivity contribution < 1.29 is 4.74 Å². The van der Waals surface area contributed by atoms with Crippen LogP contribution >= 0.6 is 24.0 Å². The number of aliphatic imine (C=N–C) groups is 1. The van der Waals surface area contributed by atoms with E-state index in [1.807, 2.05) is 7.05 Å². The number of anilines is 1. The molecule has 0 spiro atoms. The van der Waals surface area contributed by atoms with E-state index in [1.165, 1.54) is 37.2 Å². The molecule has 0 saturated carbocycles. The van der Waals surface area contributed by atoms with Gasteiger partial charge in [0.25, 0.3) is 0 Å². The van der Waals surface area contributed by atoms with Crippen molar-refractivity contribution in [3.63, 3.8) is 0 Å². The van der Waals surface area contributed by atoms with Crippen LogP contribution in [-0.4, -0.2) is 64.3 Å². The Kier molecular flexibility index (Phi) is 8.45. The zero-order valence-electron chi connectivity index (χ0n) is 15.4. The number of para-hydroxylation sites is 1. The summed E-state index contributed by atoms with van der Waals surface area (Å²) >= 11 is 0. The van der Waals surface area contributed by atoms with Crippen LogP contribution in [0.5, 0.6) is 0 Å². The number of guanidine groups is 1. The third-order valence-electron chi connectivity index (χ3n) is 5.22. The van der Waals surface area contributed by atoms with Crippen molar-refractivity contribution in [2.24, 2.45) is 10.9 Å². The molecule has 0 radical (unpaired) electrons. The van der Waals surface area contributed by atoms with Crippen molar-refractivity contribution in [3.05, 3.63) is 29.8 Å². The number of benzene rings is 1. The standard InChI is InChI=1S/C19H30N4O.HI/c1-20-19(23-12-9-17-5-3-4-6-18(17)23)21-15-16-7-10-22(11-8-16)13-14-24-2;/h3-6,16H,7-15H2,1-2H3,(H,20,21);1H. The fraction of sp³-hybridized carbons (Fsp3) is 0.632. The second-order valence-corrected chi connectivity index (χ2v) is 6.74. The summed E-state index contributed by atoms with van der Waals surface area (Å²) in [6.07, 6.45) is 3.61. The molecule has 0 aliphatic carbocycles. The van der Waals surface area contributed by atoms with Crippen LogP contribution in [0.2, 0.25) is 0 Å². The number of piperidine rings is 1. The van der Waals surface area contributed by atoms with Gasteiger partial charge in [-0.2, -0.15) is 0 Å². The van der Waals surface area contributed by atoms with Gasteiger partial charge < -0.3 is 19.9 Å². The number of hydrogen-bond acceptors (Lipinski definition) is 3. The van der Waals surface area contributed by atoms with Gasteiger partial charge in [-0.3, -0.25) is 4.99 Å². The topological polar surface area (TPSA) is 40.1 Å². The summed E-state index contributed by atoms with van der Waals surface area (Å²) in [7, 11) is 3.66. The van der Waals surface area contributed by atoms with Crippen LogP contribution in [0.1, 0.15) is 18.4 Å². The highest BCUT2D eigenvalue weighted by Crippen LogP contribution is 2.27.